The highest BCUT2D eigenvalue weighted by atomic mass is 19.4. The Labute approximate surface area is 98.2 Å². The molecule has 1 aromatic rings. The first-order chi connectivity index (χ1) is 8.21. The van der Waals surface area contributed by atoms with Crippen molar-refractivity contribution in [1.29, 1.82) is 0 Å². The maximum atomic E-state index is 13.2. The van der Waals surface area contributed by atoms with Crippen LogP contribution in [-0.2, 0) is 11.3 Å². The van der Waals surface area contributed by atoms with Gasteiger partial charge in [-0.15, -0.1) is 0 Å². The topological polar surface area (TPSA) is 66.4 Å². The SMILES string of the molecule is O=C(O)c1ccc(F)c(CNC(=O)C(F)(F)F)c1. The van der Waals surface area contributed by atoms with Gasteiger partial charge in [0.25, 0.3) is 0 Å². The monoisotopic (exact) mass is 265 g/mol. The van der Waals surface area contributed by atoms with Gasteiger partial charge in [0.15, 0.2) is 0 Å². The van der Waals surface area contributed by atoms with Gasteiger partial charge in [0.05, 0.1) is 5.56 Å². The van der Waals surface area contributed by atoms with E-state index in [9.17, 15) is 27.2 Å². The van der Waals surface area contributed by atoms with Crippen LogP contribution >= 0.6 is 0 Å². The molecule has 0 heterocycles. The van der Waals surface area contributed by atoms with Gasteiger partial charge in [-0.2, -0.15) is 13.2 Å². The van der Waals surface area contributed by atoms with Gasteiger partial charge < -0.3 is 10.4 Å². The Morgan fingerprint density at radius 3 is 2.39 bits per heavy atom. The number of amides is 1. The lowest BCUT2D eigenvalue weighted by Gasteiger charge is -2.09. The van der Waals surface area contributed by atoms with E-state index in [-0.39, 0.29) is 11.1 Å². The summed E-state index contributed by atoms with van der Waals surface area (Å²) in [6.45, 7) is -0.745. The predicted octanol–water partition coefficient (Wildman–Crippen LogP) is 1.70. The number of benzene rings is 1. The summed E-state index contributed by atoms with van der Waals surface area (Å²) in [6, 6.07) is 2.62. The van der Waals surface area contributed by atoms with Crippen molar-refractivity contribution in [2.45, 2.75) is 12.7 Å². The molecule has 0 saturated heterocycles. The predicted molar refractivity (Wildman–Crippen MR) is 51.3 cm³/mol. The van der Waals surface area contributed by atoms with Crippen LogP contribution in [0, 0.1) is 5.82 Å². The van der Waals surface area contributed by atoms with E-state index in [0.717, 1.165) is 18.2 Å². The van der Waals surface area contributed by atoms with E-state index in [1.54, 1.807) is 0 Å². The molecule has 0 unspecified atom stereocenters. The minimum absolute atomic E-state index is 0.285. The third kappa shape index (κ3) is 3.44. The summed E-state index contributed by atoms with van der Waals surface area (Å²) in [6.07, 6.45) is -5.07. The lowest BCUT2D eigenvalue weighted by atomic mass is 10.1. The van der Waals surface area contributed by atoms with Gasteiger partial charge in [-0.1, -0.05) is 0 Å². The van der Waals surface area contributed by atoms with Crippen LogP contribution in [0.5, 0.6) is 0 Å². The van der Waals surface area contributed by atoms with Gasteiger partial charge in [-0.05, 0) is 18.2 Å². The van der Waals surface area contributed by atoms with Crippen LogP contribution < -0.4 is 5.32 Å². The number of aromatic carboxylic acids is 1. The molecule has 0 spiro atoms. The number of hydrogen-bond donors (Lipinski definition) is 2. The van der Waals surface area contributed by atoms with Crippen molar-refractivity contribution in [1.82, 2.24) is 5.32 Å². The fourth-order valence-corrected chi connectivity index (χ4v) is 1.12. The van der Waals surface area contributed by atoms with E-state index in [2.05, 4.69) is 0 Å². The second-order valence-corrected chi connectivity index (χ2v) is 3.29. The van der Waals surface area contributed by atoms with Crippen molar-refractivity contribution in [3.63, 3.8) is 0 Å². The normalized spacial score (nSPS) is 11.1. The first-order valence-corrected chi connectivity index (χ1v) is 4.58. The molecule has 1 rings (SSSR count). The van der Waals surface area contributed by atoms with E-state index in [4.69, 9.17) is 5.11 Å². The summed E-state index contributed by atoms with van der Waals surface area (Å²) in [7, 11) is 0. The fraction of sp³-hybridized carbons (Fsp3) is 0.200. The molecule has 98 valence electrons. The second-order valence-electron chi connectivity index (χ2n) is 3.29. The van der Waals surface area contributed by atoms with Gasteiger partial charge in [-0.25, -0.2) is 9.18 Å². The molecular weight excluding hydrogens is 258 g/mol. The van der Waals surface area contributed by atoms with Crippen LogP contribution in [0.15, 0.2) is 18.2 Å². The Bertz CT molecular complexity index is 485. The number of carboxylic acids is 1. The number of carbonyl (C=O) groups is 2. The van der Waals surface area contributed by atoms with Crippen LogP contribution in [0.3, 0.4) is 0 Å². The van der Waals surface area contributed by atoms with E-state index in [1.807, 2.05) is 0 Å². The van der Waals surface area contributed by atoms with Crippen molar-refractivity contribution < 1.29 is 32.3 Å². The first-order valence-electron chi connectivity index (χ1n) is 4.58. The summed E-state index contributed by atoms with van der Waals surface area (Å²) < 4.78 is 48.7. The smallest absolute Gasteiger partial charge is 0.471 e. The molecule has 0 fully saturated rings. The molecule has 1 amide bonds. The van der Waals surface area contributed by atoms with Gasteiger partial charge in [-0.3, -0.25) is 4.79 Å². The van der Waals surface area contributed by atoms with Gasteiger partial charge >= 0.3 is 18.1 Å². The highest BCUT2D eigenvalue weighted by Crippen LogP contribution is 2.15. The third-order valence-electron chi connectivity index (χ3n) is 1.99. The van der Waals surface area contributed by atoms with Gasteiger partial charge in [0.1, 0.15) is 5.82 Å². The molecule has 4 nitrogen and oxygen atoms in total. The Kier molecular flexibility index (Phi) is 3.89. The van der Waals surface area contributed by atoms with Crippen LogP contribution in [0.25, 0.3) is 0 Å². The Morgan fingerprint density at radius 2 is 1.89 bits per heavy atom. The Balaban J connectivity index is 2.82. The van der Waals surface area contributed by atoms with Crippen LogP contribution in [0.2, 0.25) is 0 Å². The quantitative estimate of drug-likeness (QED) is 0.817. The zero-order chi connectivity index (χ0) is 13.9. The molecule has 0 bridgehead atoms. The minimum Gasteiger partial charge on any atom is -0.478 e. The summed E-state index contributed by atoms with van der Waals surface area (Å²) >= 11 is 0. The average molecular weight is 265 g/mol. The van der Waals surface area contributed by atoms with E-state index >= 15 is 0 Å². The molecule has 0 radical (unpaired) electrons. The molecule has 8 heteroatoms. The third-order valence-corrected chi connectivity index (χ3v) is 1.99. The highest BCUT2D eigenvalue weighted by molar-refractivity contribution is 5.87. The molecular formula is C10H7F4NO3. The van der Waals surface area contributed by atoms with Crippen molar-refractivity contribution in [2.75, 3.05) is 0 Å². The number of alkyl halides is 3. The lowest BCUT2D eigenvalue weighted by molar-refractivity contribution is -0.173. The number of rotatable bonds is 3. The summed E-state index contributed by atoms with van der Waals surface area (Å²) in [5, 5.41) is 10.1. The van der Waals surface area contributed by atoms with E-state index in [0.29, 0.717) is 0 Å². The molecule has 2 N–H and O–H groups in total. The fourth-order valence-electron chi connectivity index (χ4n) is 1.12. The maximum absolute atomic E-state index is 13.2. The molecule has 0 saturated carbocycles. The van der Waals surface area contributed by atoms with Gasteiger partial charge in [0, 0.05) is 12.1 Å². The first kappa shape index (κ1) is 13.9. The Morgan fingerprint density at radius 1 is 1.28 bits per heavy atom. The molecule has 0 aliphatic carbocycles. The summed E-state index contributed by atoms with van der Waals surface area (Å²) in [5.74, 6) is -4.47. The second kappa shape index (κ2) is 5.03. The molecule has 0 aliphatic rings. The standard InChI is InChI=1S/C10H7F4NO3/c11-7-2-1-5(8(16)17)3-6(7)4-15-9(18)10(12,13)14/h1-3H,4H2,(H,15,18)(H,16,17). The van der Waals surface area contributed by atoms with Crippen molar-refractivity contribution in [3.8, 4) is 0 Å². The lowest BCUT2D eigenvalue weighted by Crippen LogP contribution is -2.36. The molecule has 0 aromatic heterocycles. The molecule has 18 heavy (non-hydrogen) atoms. The van der Waals surface area contributed by atoms with E-state index < -0.39 is 30.4 Å². The minimum atomic E-state index is -5.07. The number of hydrogen-bond acceptors (Lipinski definition) is 2. The highest BCUT2D eigenvalue weighted by Gasteiger charge is 2.38. The summed E-state index contributed by atoms with van der Waals surface area (Å²) in [4.78, 5) is 21.1. The summed E-state index contributed by atoms with van der Waals surface area (Å²) in [5.41, 5.74) is -0.625. The zero-order valence-corrected chi connectivity index (χ0v) is 8.71. The van der Waals surface area contributed by atoms with Crippen LogP contribution in [-0.4, -0.2) is 23.2 Å². The number of carbonyl (C=O) groups excluding carboxylic acids is 1. The van der Waals surface area contributed by atoms with Crippen molar-refractivity contribution in [2.24, 2.45) is 0 Å². The largest absolute Gasteiger partial charge is 0.478 e. The zero-order valence-electron chi connectivity index (χ0n) is 8.71. The van der Waals surface area contributed by atoms with Crippen LogP contribution in [0.1, 0.15) is 15.9 Å². The number of halogens is 4. The molecule has 0 atom stereocenters. The molecule has 0 aliphatic heterocycles. The number of carboxylic acid groups (broad SMARTS) is 1. The Hall–Kier alpha value is -2.12. The van der Waals surface area contributed by atoms with Crippen LogP contribution in [0.4, 0.5) is 17.6 Å². The number of nitrogens with one attached hydrogen (secondary N) is 1. The van der Waals surface area contributed by atoms with Crippen molar-refractivity contribution >= 4 is 11.9 Å². The van der Waals surface area contributed by atoms with E-state index in [1.165, 1.54) is 5.32 Å². The maximum Gasteiger partial charge on any atom is 0.471 e. The van der Waals surface area contributed by atoms with Crippen molar-refractivity contribution in [3.05, 3.63) is 35.1 Å². The van der Waals surface area contributed by atoms with Gasteiger partial charge in [0.2, 0.25) is 0 Å². The molecule has 1 aromatic carbocycles. The average Bonchev–Trinajstić information content (AvgIpc) is 2.25.